The summed E-state index contributed by atoms with van der Waals surface area (Å²) in [4.78, 5) is 0.201. The van der Waals surface area contributed by atoms with Crippen LogP contribution in [-0.2, 0) is 10.0 Å². The highest BCUT2D eigenvalue weighted by atomic mass is 35.5. The summed E-state index contributed by atoms with van der Waals surface area (Å²) in [5.74, 6) is 0. The third kappa shape index (κ3) is 2.08. The molecule has 1 aliphatic rings. The molecule has 1 fully saturated rings. The summed E-state index contributed by atoms with van der Waals surface area (Å²) in [7, 11) is -3.48. The predicted molar refractivity (Wildman–Crippen MR) is 60.8 cm³/mol. The van der Waals surface area contributed by atoms with Gasteiger partial charge in [0.05, 0.1) is 10.5 Å². The molecular formula is C10H12ClNO3S. The molecule has 1 aromatic carbocycles. The molecule has 0 saturated carbocycles. The number of halogens is 1. The molecule has 0 aromatic heterocycles. The molecule has 0 amide bonds. The Balaban J connectivity index is 2.24. The fourth-order valence-electron chi connectivity index (χ4n) is 1.64. The summed E-state index contributed by atoms with van der Waals surface area (Å²) in [6.07, 6.45) is 0. The molecule has 1 heterocycles. The van der Waals surface area contributed by atoms with Gasteiger partial charge in [-0.15, -0.1) is 0 Å². The van der Waals surface area contributed by atoms with Crippen molar-refractivity contribution < 1.29 is 13.5 Å². The second-order valence-corrected chi connectivity index (χ2v) is 6.60. The zero-order valence-corrected chi connectivity index (χ0v) is 10.3. The van der Waals surface area contributed by atoms with E-state index in [2.05, 4.69) is 0 Å². The quantitative estimate of drug-likeness (QED) is 0.867. The third-order valence-corrected chi connectivity index (χ3v) is 4.54. The Morgan fingerprint density at radius 3 is 2.25 bits per heavy atom. The summed E-state index contributed by atoms with van der Waals surface area (Å²) < 4.78 is 25.2. The lowest BCUT2D eigenvalue weighted by atomic mass is 10.0. The first-order valence-corrected chi connectivity index (χ1v) is 6.61. The van der Waals surface area contributed by atoms with Gasteiger partial charge in [-0.25, -0.2) is 8.42 Å². The van der Waals surface area contributed by atoms with Gasteiger partial charge in [-0.1, -0.05) is 11.6 Å². The molecule has 0 atom stereocenters. The van der Waals surface area contributed by atoms with E-state index in [4.69, 9.17) is 11.6 Å². The van der Waals surface area contributed by atoms with Crippen LogP contribution in [0.3, 0.4) is 0 Å². The molecule has 6 heteroatoms. The average molecular weight is 262 g/mol. The average Bonchev–Trinajstić information content (AvgIpc) is 2.14. The summed E-state index contributed by atoms with van der Waals surface area (Å²) in [6, 6.07) is 5.99. The van der Waals surface area contributed by atoms with Crippen molar-refractivity contribution >= 4 is 21.6 Å². The summed E-state index contributed by atoms with van der Waals surface area (Å²) in [6.45, 7) is 1.89. The van der Waals surface area contributed by atoms with E-state index in [1.807, 2.05) is 0 Å². The van der Waals surface area contributed by atoms with Crippen molar-refractivity contribution in [2.45, 2.75) is 17.4 Å². The Bertz CT molecular complexity index is 487. The lowest BCUT2D eigenvalue weighted by Crippen LogP contribution is -2.61. The number of nitrogens with zero attached hydrogens (tertiary/aromatic N) is 1. The molecule has 16 heavy (non-hydrogen) atoms. The van der Waals surface area contributed by atoms with E-state index in [9.17, 15) is 13.5 Å². The number of aliphatic hydroxyl groups is 1. The van der Waals surface area contributed by atoms with Crippen LogP contribution >= 0.6 is 11.6 Å². The lowest BCUT2D eigenvalue weighted by Gasteiger charge is -2.42. The monoisotopic (exact) mass is 261 g/mol. The van der Waals surface area contributed by atoms with Gasteiger partial charge in [-0.05, 0) is 31.2 Å². The maximum Gasteiger partial charge on any atom is 0.243 e. The SMILES string of the molecule is CC1(O)CN(S(=O)(=O)c2ccc(Cl)cc2)C1. The molecule has 0 spiro atoms. The number of benzene rings is 1. The molecule has 1 saturated heterocycles. The van der Waals surface area contributed by atoms with Crippen LogP contribution in [0.4, 0.5) is 0 Å². The van der Waals surface area contributed by atoms with E-state index in [1.165, 1.54) is 28.6 Å². The van der Waals surface area contributed by atoms with Crippen molar-refractivity contribution in [3.8, 4) is 0 Å². The lowest BCUT2D eigenvalue weighted by molar-refractivity contribution is -0.0426. The van der Waals surface area contributed by atoms with E-state index in [1.54, 1.807) is 6.92 Å². The minimum absolute atomic E-state index is 0.137. The third-order valence-electron chi connectivity index (χ3n) is 2.49. The molecule has 0 bridgehead atoms. The molecule has 1 aliphatic heterocycles. The normalized spacial score (nSPS) is 20.4. The van der Waals surface area contributed by atoms with E-state index < -0.39 is 15.6 Å². The minimum Gasteiger partial charge on any atom is -0.387 e. The fourth-order valence-corrected chi connectivity index (χ4v) is 3.44. The van der Waals surface area contributed by atoms with Crippen LogP contribution in [0.15, 0.2) is 29.2 Å². The maximum absolute atomic E-state index is 12.0. The van der Waals surface area contributed by atoms with Gasteiger partial charge in [0.1, 0.15) is 0 Å². The number of sulfonamides is 1. The summed E-state index contributed by atoms with van der Waals surface area (Å²) in [5.41, 5.74) is -0.903. The van der Waals surface area contributed by atoms with Crippen molar-refractivity contribution in [1.29, 1.82) is 0 Å². The van der Waals surface area contributed by atoms with E-state index >= 15 is 0 Å². The van der Waals surface area contributed by atoms with Crippen LogP contribution in [0.25, 0.3) is 0 Å². The smallest absolute Gasteiger partial charge is 0.243 e. The van der Waals surface area contributed by atoms with Gasteiger partial charge in [-0.2, -0.15) is 4.31 Å². The van der Waals surface area contributed by atoms with Crippen molar-refractivity contribution in [3.05, 3.63) is 29.3 Å². The van der Waals surface area contributed by atoms with Crippen LogP contribution in [0.2, 0.25) is 5.02 Å². The zero-order valence-electron chi connectivity index (χ0n) is 8.72. The van der Waals surface area contributed by atoms with Crippen molar-refractivity contribution in [2.75, 3.05) is 13.1 Å². The van der Waals surface area contributed by atoms with Gasteiger partial charge in [0.25, 0.3) is 0 Å². The Labute approximate surface area is 99.5 Å². The Morgan fingerprint density at radius 2 is 1.81 bits per heavy atom. The first kappa shape index (κ1) is 11.9. The maximum atomic E-state index is 12.0. The highest BCUT2D eigenvalue weighted by molar-refractivity contribution is 7.89. The molecular weight excluding hydrogens is 250 g/mol. The topological polar surface area (TPSA) is 57.6 Å². The molecule has 88 valence electrons. The van der Waals surface area contributed by atoms with Gasteiger partial charge in [0.15, 0.2) is 0 Å². The zero-order chi connectivity index (χ0) is 12.0. The molecule has 0 radical (unpaired) electrons. The number of hydrogen-bond donors (Lipinski definition) is 1. The highest BCUT2D eigenvalue weighted by Gasteiger charge is 2.43. The van der Waals surface area contributed by atoms with Crippen LogP contribution in [-0.4, -0.2) is 36.5 Å². The van der Waals surface area contributed by atoms with Crippen molar-refractivity contribution in [3.63, 3.8) is 0 Å². The van der Waals surface area contributed by atoms with Gasteiger partial charge < -0.3 is 5.11 Å². The Kier molecular flexibility index (Phi) is 2.74. The number of hydrogen-bond acceptors (Lipinski definition) is 3. The second-order valence-electron chi connectivity index (χ2n) is 4.22. The summed E-state index contributed by atoms with van der Waals surface area (Å²) in [5, 5.41) is 10.0. The van der Waals surface area contributed by atoms with Crippen LogP contribution < -0.4 is 0 Å². The largest absolute Gasteiger partial charge is 0.387 e. The molecule has 1 N–H and O–H groups in total. The molecule has 0 unspecified atom stereocenters. The molecule has 0 aliphatic carbocycles. The predicted octanol–water partition coefficient (Wildman–Crippen LogP) is 1.10. The first-order valence-electron chi connectivity index (χ1n) is 4.79. The molecule has 4 nitrogen and oxygen atoms in total. The minimum atomic E-state index is -3.48. The second kappa shape index (κ2) is 3.70. The Hall–Kier alpha value is -0.620. The Morgan fingerprint density at radius 1 is 1.31 bits per heavy atom. The highest BCUT2D eigenvalue weighted by Crippen LogP contribution is 2.27. The van der Waals surface area contributed by atoms with E-state index in [0.29, 0.717) is 5.02 Å². The van der Waals surface area contributed by atoms with Gasteiger partial charge >= 0.3 is 0 Å². The standard InChI is InChI=1S/C10H12ClNO3S/c1-10(13)6-12(7-10)16(14,15)9-4-2-8(11)3-5-9/h2-5,13H,6-7H2,1H3. The summed E-state index contributed by atoms with van der Waals surface area (Å²) >= 11 is 5.69. The fraction of sp³-hybridized carbons (Fsp3) is 0.400. The van der Waals surface area contributed by atoms with E-state index in [0.717, 1.165) is 0 Å². The van der Waals surface area contributed by atoms with Crippen molar-refractivity contribution in [2.24, 2.45) is 0 Å². The first-order chi connectivity index (χ1) is 7.31. The van der Waals surface area contributed by atoms with Crippen LogP contribution in [0.1, 0.15) is 6.92 Å². The number of rotatable bonds is 2. The molecule has 1 aromatic rings. The van der Waals surface area contributed by atoms with Gasteiger partial charge in [0, 0.05) is 18.1 Å². The van der Waals surface area contributed by atoms with E-state index in [-0.39, 0.29) is 18.0 Å². The van der Waals surface area contributed by atoms with Crippen LogP contribution in [0.5, 0.6) is 0 Å². The van der Waals surface area contributed by atoms with Gasteiger partial charge in [-0.3, -0.25) is 0 Å². The van der Waals surface area contributed by atoms with Crippen LogP contribution in [0, 0.1) is 0 Å². The number of β-amino-alcohol motifs (C(OH)–C–C–N with tert-alkyl or cyclic N) is 1. The van der Waals surface area contributed by atoms with Crippen molar-refractivity contribution in [1.82, 2.24) is 4.31 Å². The molecule has 2 rings (SSSR count). The van der Waals surface area contributed by atoms with Gasteiger partial charge in [0.2, 0.25) is 10.0 Å².